The largest absolute Gasteiger partial charge is 0.506 e. The number of carboxylic acid groups (broad SMARTS) is 1. The molecule has 13 heteroatoms. The number of fused-ring (bicyclic) bond motifs is 2. The summed E-state index contributed by atoms with van der Waals surface area (Å²) < 4.78 is 13.9. The number of aryl methyl sites for hydroxylation is 1. The second kappa shape index (κ2) is 16.5. The van der Waals surface area contributed by atoms with Gasteiger partial charge in [-0.1, -0.05) is 36.9 Å². The standard InChI is InChI=1S/C41H46N4O7S2/c1-26-8-14-31-30(15-17-33(46)38(31)43-26)34(47)25-42-19-18-27-9-16-32-35(24-27)51-40(50)45(32)21-5-20-44(2)28-10-12-29(13-11-28)52-41(39(48)49,36-6-3-22-53-36)37-7-4-23-54-37/h3-4,6-9,14-17,22-24,28-29,34,42-43,46-47H,1,5,10-13,18-21,25H2,2H3,(H,48,49)/t28-,29-,34-/m0/s1. The first-order valence-electron chi connectivity index (χ1n) is 18.3. The maximum absolute atomic E-state index is 12.9. The average molecular weight is 771 g/mol. The third kappa shape index (κ3) is 7.83. The maximum atomic E-state index is 12.9. The van der Waals surface area contributed by atoms with Gasteiger partial charge in [0.15, 0.2) is 5.58 Å². The van der Waals surface area contributed by atoms with Crippen LogP contribution in [0.25, 0.3) is 17.2 Å². The Morgan fingerprint density at radius 1 is 1.11 bits per heavy atom. The van der Waals surface area contributed by atoms with E-state index in [9.17, 15) is 24.9 Å². The molecule has 0 radical (unpaired) electrons. The molecule has 4 heterocycles. The highest BCUT2D eigenvalue weighted by Crippen LogP contribution is 2.43. The number of anilines is 1. The number of hydrogen-bond donors (Lipinski definition) is 5. The van der Waals surface area contributed by atoms with Crippen molar-refractivity contribution in [1.82, 2.24) is 14.8 Å². The van der Waals surface area contributed by atoms with E-state index in [0.717, 1.165) is 55.3 Å². The number of nitrogens with one attached hydrogen (secondary N) is 2. The highest BCUT2D eigenvalue weighted by molar-refractivity contribution is 7.12. The van der Waals surface area contributed by atoms with Crippen LogP contribution in [0.1, 0.15) is 64.7 Å². The Hall–Kier alpha value is -4.50. The van der Waals surface area contributed by atoms with Crippen LogP contribution in [0, 0.1) is 0 Å². The van der Waals surface area contributed by atoms with Crippen LogP contribution in [0.15, 0.2) is 92.9 Å². The van der Waals surface area contributed by atoms with Crippen molar-refractivity contribution in [1.29, 1.82) is 0 Å². The number of oxazole rings is 1. The fourth-order valence-electron chi connectivity index (χ4n) is 7.64. The zero-order valence-corrected chi connectivity index (χ0v) is 31.8. The predicted molar refractivity (Wildman–Crippen MR) is 213 cm³/mol. The van der Waals surface area contributed by atoms with Gasteiger partial charge in [-0.3, -0.25) is 4.57 Å². The molecule has 7 rings (SSSR count). The van der Waals surface area contributed by atoms with Crippen LogP contribution >= 0.6 is 22.7 Å². The molecule has 284 valence electrons. The van der Waals surface area contributed by atoms with Crippen LogP contribution in [-0.2, 0) is 28.1 Å². The number of aliphatic hydroxyl groups excluding tert-OH is 1. The Bertz CT molecular complexity index is 2130. The summed E-state index contributed by atoms with van der Waals surface area (Å²) in [6, 6.07) is 16.9. The number of thiophene rings is 2. The van der Waals surface area contributed by atoms with Crippen molar-refractivity contribution in [2.24, 2.45) is 0 Å². The molecule has 0 amide bonds. The number of hydrogen-bond acceptors (Lipinski definition) is 11. The summed E-state index contributed by atoms with van der Waals surface area (Å²) in [6.07, 6.45) is 7.54. The van der Waals surface area contributed by atoms with Gasteiger partial charge in [-0.25, -0.2) is 9.59 Å². The molecule has 1 fully saturated rings. The summed E-state index contributed by atoms with van der Waals surface area (Å²) in [5, 5.41) is 41.8. The fraction of sp³-hybridized carbons (Fsp3) is 0.366. The number of phenols is 1. The van der Waals surface area contributed by atoms with Crippen molar-refractivity contribution >= 4 is 51.5 Å². The van der Waals surface area contributed by atoms with Crippen molar-refractivity contribution in [2.75, 3.05) is 32.0 Å². The van der Waals surface area contributed by atoms with Crippen molar-refractivity contribution in [3.8, 4) is 5.75 Å². The third-order valence-electron chi connectivity index (χ3n) is 10.6. The van der Waals surface area contributed by atoms with E-state index in [4.69, 9.17) is 9.15 Å². The van der Waals surface area contributed by atoms with Crippen molar-refractivity contribution in [3.05, 3.63) is 121 Å². The fourth-order valence-corrected chi connectivity index (χ4v) is 9.45. The van der Waals surface area contributed by atoms with Gasteiger partial charge in [-0.2, -0.15) is 0 Å². The van der Waals surface area contributed by atoms with Crippen molar-refractivity contribution < 1.29 is 29.3 Å². The first-order valence-corrected chi connectivity index (χ1v) is 20.1. The Morgan fingerprint density at radius 2 is 1.85 bits per heavy atom. The zero-order chi connectivity index (χ0) is 37.8. The van der Waals surface area contributed by atoms with Gasteiger partial charge in [-0.15, -0.1) is 22.7 Å². The van der Waals surface area contributed by atoms with Crippen LogP contribution < -0.4 is 16.4 Å². The molecule has 2 aliphatic rings. The van der Waals surface area contributed by atoms with Crippen LogP contribution in [0.2, 0.25) is 0 Å². The minimum atomic E-state index is -1.49. The molecule has 1 aliphatic carbocycles. The number of phenolic OH excluding ortho intramolecular Hbond substituents is 1. The SMILES string of the molecule is C=C1C=Cc2c([C@@H](O)CNCCc3ccc4c(c3)oc(=O)n4CCCN(C)[C@H]3CC[C@H](OC(C(=O)O)(c4cccs4)c4cccs4)CC3)ccc(O)c2N1. The van der Waals surface area contributed by atoms with Gasteiger partial charge < -0.3 is 40.0 Å². The summed E-state index contributed by atoms with van der Waals surface area (Å²) in [4.78, 5) is 29.4. The molecule has 0 unspecified atom stereocenters. The average Bonchev–Trinajstić information content (AvgIpc) is 3.96. The third-order valence-corrected chi connectivity index (χ3v) is 12.5. The molecule has 5 aromatic rings. The molecule has 11 nitrogen and oxygen atoms in total. The van der Waals surface area contributed by atoms with Crippen LogP contribution in [0.4, 0.5) is 5.69 Å². The lowest BCUT2D eigenvalue weighted by atomic mass is 9.90. The van der Waals surface area contributed by atoms with Gasteiger partial charge in [0.05, 0.1) is 33.2 Å². The van der Waals surface area contributed by atoms with Crippen LogP contribution in [0.5, 0.6) is 5.75 Å². The lowest BCUT2D eigenvalue weighted by Gasteiger charge is -2.38. The lowest BCUT2D eigenvalue weighted by molar-refractivity contribution is -0.170. The molecule has 0 bridgehead atoms. The van der Waals surface area contributed by atoms with Crippen LogP contribution in [-0.4, -0.2) is 69.6 Å². The van der Waals surface area contributed by atoms with E-state index in [1.165, 1.54) is 22.7 Å². The summed E-state index contributed by atoms with van der Waals surface area (Å²) >= 11 is 2.82. The summed E-state index contributed by atoms with van der Waals surface area (Å²) in [7, 11) is 2.12. The lowest BCUT2D eigenvalue weighted by Crippen LogP contribution is -2.44. The van der Waals surface area contributed by atoms with Gasteiger partial charge in [0.25, 0.3) is 0 Å². The highest BCUT2D eigenvalue weighted by atomic mass is 32.1. The van der Waals surface area contributed by atoms with Gasteiger partial charge in [0, 0.05) is 30.4 Å². The van der Waals surface area contributed by atoms with E-state index in [2.05, 4.69) is 29.2 Å². The van der Waals surface area contributed by atoms with E-state index in [0.29, 0.717) is 64.4 Å². The summed E-state index contributed by atoms with van der Waals surface area (Å²) in [5.74, 6) is -1.25. The zero-order valence-electron chi connectivity index (χ0n) is 30.2. The number of aliphatic carboxylic acids is 1. The van der Waals surface area contributed by atoms with E-state index in [1.807, 2.05) is 65.4 Å². The molecular formula is C41H46N4O7S2. The van der Waals surface area contributed by atoms with Gasteiger partial charge >= 0.3 is 11.7 Å². The Kier molecular flexibility index (Phi) is 11.5. The molecule has 0 saturated heterocycles. The number of aliphatic hydroxyl groups is 1. The number of aromatic hydroxyl groups is 1. The summed E-state index contributed by atoms with van der Waals surface area (Å²) in [5.41, 5.74) is 3.53. The second-order valence-electron chi connectivity index (χ2n) is 14.1. The number of carbonyl (C=O) groups is 1. The molecule has 54 heavy (non-hydrogen) atoms. The number of carboxylic acids is 1. The van der Waals surface area contributed by atoms with E-state index in [1.54, 1.807) is 16.7 Å². The molecule has 1 atom stereocenters. The van der Waals surface area contributed by atoms with Crippen LogP contribution in [0.3, 0.4) is 0 Å². The predicted octanol–water partition coefficient (Wildman–Crippen LogP) is 6.92. The van der Waals surface area contributed by atoms with Gasteiger partial charge in [0.2, 0.25) is 5.60 Å². The minimum Gasteiger partial charge on any atom is -0.506 e. The van der Waals surface area contributed by atoms with E-state index < -0.39 is 17.7 Å². The van der Waals surface area contributed by atoms with Crippen molar-refractivity contribution in [2.45, 2.75) is 68.9 Å². The second-order valence-corrected chi connectivity index (χ2v) is 16.0. The van der Waals surface area contributed by atoms with Crippen molar-refractivity contribution in [3.63, 3.8) is 0 Å². The summed E-state index contributed by atoms with van der Waals surface area (Å²) in [6.45, 7) is 6.17. The Morgan fingerprint density at radius 3 is 2.54 bits per heavy atom. The molecule has 5 N–H and O–H groups in total. The monoisotopic (exact) mass is 770 g/mol. The number of aromatic nitrogens is 1. The smallest absolute Gasteiger partial charge is 0.419 e. The highest BCUT2D eigenvalue weighted by Gasteiger charge is 2.48. The first kappa shape index (κ1) is 37.8. The number of allylic oxidation sites excluding steroid dienone is 1. The topological polar surface area (TPSA) is 149 Å². The van der Waals surface area contributed by atoms with E-state index >= 15 is 0 Å². The van der Waals surface area contributed by atoms with Gasteiger partial charge in [0.1, 0.15) is 5.75 Å². The molecule has 0 spiro atoms. The molecule has 1 saturated carbocycles. The number of rotatable bonds is 16. The Balaban J connectivity index is 0.878. The maximum Gasteiger partial charge on any atom is 0.419 e. The molecule has 3 aromatic heterocycles. The molecule has 2 aromatic carbocycles. The molecule has 1 aliphatic heterocycles. The number of benzene rings is 2. The number of nitrogens with zero attached hydrogens (tertiary/aromatic N) is 2. The first-order chi connectivity index (χ1) is 26.1. The minimum absolute atomic E-state index is 0.107. The quantitative estimate of drug-likeness (QED) is 0.0529. The normalized spacial score (nSPS) is 17.9. The van der Waals surface area contributed by atoms with E-state index in [-0.39, 0.29) is 17.6 Å². The molecular weight excluding hydrogens is 725 g/mol. The Labute approximate surface area is 321 Å². The number of ether oxygens (including phenoxy) is 1. The van der Waals surface area contributed by atoms with Gasteiger partial charge in [-0.05, 0) is 117 Å².